The number of thiazole rings is 1. The lowest BCUT2D eigenvalue weighted by Gasteiger charge is -2.41. The number of nitrogens with zero attached hydrogens (tertiary/aromatic N) is 9. The van der Waals surface area contributed by atoms with E-state index in [9.17, 15) is 0 Å². The van der Waals surface area contributed by atoms with Crippen LogP contribution >= 0.6 is 11.3 Å². The lowest BCUT2D eigenvalue weighted by Crippen LogP contribution is -2.42. The predicted molar refractivity (Wildman–Crippen MR) is 118 cm³/mol. The van der Waals surface area contributed by atoms with Crippen LogP contribution in [0.2, 0.25) is 0 Å². The highest BCUT2D eigenvalue weighted by atomic mass is 32.1. The molecule has 4 aromatic heterocycles. The Hall–Kier alpha value is -3.14. The Morgan fingerprint density at radius 3 is 2.77 bits per heavy atom. The summed E-state index contributed by atoms with van der Waals surface area (Å²) in [5.41, 5.74) is 1.78. The first-order valence-corrected chi connectivity index (χ1v) is 11.6. The average molecular weight is 434 g/mol. The van der Waals surface area contributed by atoms with Crippen molar-refractivity contribution >= 4 is 17.2 Å². The van der Waals surface area contributed by atoms with Crippen molar-refractivity contribution in [2.24, 2.45) is 0 Å². The summed E-state index contributed by atoms with van der Waals surface area (Å²) in [6, 6.07) is 0.624. The van der Waals surface area contributed by atoms with E-state index in [0.717, 1.165) is 40.3 Å². The normalized spacial score (nSPS) is 18.4. The fourth-order valence-corrected chi connectivity index (χ4v) is 5.47. The second kappa shape index (κ2) is 7.23. The summed E-state index contributed by atoms with van der Waals surface area (Å²) >= 11 is 1.57. The molecule has 10 heteroatoms. The van der Waals surface area contributed by atoms with Gasteiger partial charge in [0.25, 0.3) is 0 Å². The zero-order chi connectivity index (χ0) is 20.9. The standard InChI is InChI=1S/C21H23N9S/c1-3-16-19-27-26-13(2)29(19)17-10-23-21(25-18(17)30(16)14-6-4-5-7-14)28-11-15(24-12-28)20-22-8-9-31-20/h8-12,14,16H,3-7H2,1-2H3. The van der Waals surface area contributed by atoms with Gasteiger partial charge in [0.1, 0.15) is 28.5 Å². The van der Waals surface area contributed by atoms with Gasteiger partial charge in [-0.25, -0.2) is 15.0 Å². The third kappa shape index (κ3) is 2.88. The smallest absolute Gasteiger partial charge is 0.237 e. The molecule has 0 bridgehead atoms. The Balaban J connectivity index is 1.49. The van der Waals surface area contributed by atoms with Gasteiger partial charge >= 0.3 is 0 Å². The van der Waals surface area contributed by atoms with E-state index in [1.165, 1.54) is 25.7 Å². The van der Waals surface area contributed by atoms with Gasteiger partial charge < -0.3 is 4.90 Å². The van der Waals surface area contributed by atoms with E-state index in [-0.39, 0.29) is 6.04 Å². The number of aromatic nitrogens is 8. The van der Waals surface area contributed by atoms with E-state index in [0.29, 0.717) is 12.0 Å². The third-order valence-electron chi connectivity index (χ3n) is 6.28. The van der Waals surface area contributed by atoms with E-state index < -0.39 is 0 Å². The monoisotopic (exact) mass is 433 g/mol. The molecule has 1 saturated carbocycles. The van der Waals surface area contributed by atoms with E-state index in [2.05, 4.69) is 41.5 Å². The van der Waals surface area contributed by atoms with Crippen LogP contribution in [0.25, 0.3) is 22.3 Å². The van der Waals surface area contributed by atoms with E-state index in [4.69, 9.17) is 4.98 Å². The van der Waals surface area contributed by atoms with Gasteiger partial charge in [0.2, 0.25) is 5.95 Å². The van der Waals surface area contributed by atoms with Crippen LogP contribution in [-0.2, 0) is 0 Å². The molecule has 158 valence electrons. The molecule has 0 amide bonds. The first-order chi connectivity index (χ1) is 15.2. The predicted octanol–water partition coefficient (Wildman–Crippen LogP) is 3.89. The van der Waals surface area contributed by atoms with Gasteiger partial charge in [-0.15, -0.1) is 21.5 Å². The van der Waals surface area contributed by atoms with Gasteiger partial charge in [-0.3, -0.25) is 9.13 Å². The van der Waals surface area contributed by atoms with Crippen molar-refractivity contribution in [2.75, 3.05) is 4.90 Å². The quantitative estimate of drug-likeness (QED) is 0.482. The van der Waals surface area contributed by atoms with Gasteiger partial charge in [0.05, 0.1) is 12.2 Å². The number of hydrogen-bond acceptors (Lipinski definition) is 8. The molecule has 1 aliphatic carbocycles. The van der Waals surface area contributed by atoms with Crippen LogP contribution < -0.4 is 4.90 Å². The van der Waals surface area contributed by atoms with Crippen molar-refractivity contribution in [3.05, 3.63) is 41.9 Å². The number of hydrogen-bond donors (Lipinski definition) is 0. The molecule has 0 saturated heterocycles. The zero-order valence-electron chi connectivity index (χ0n) is 17.5. The lowest BCUT2D eigenvalue weighted by atomic mass is 10.0. The van der Waals surface area contributed by atoms with Gasteiger partial charge in [-0.05, 0) is 26.2 Å². The Labute approximate surface area is 183 Å². The molecule has 5 heterocycles. The van der Waals surface area contributed by atoms with Crippen LogP contribution in [-0.4, -0.2) is 45.3 Å². The molecular weight excluding hydrogens is 410 g/mol. The molecule has 1 unspecified atom stereocenters. The number of imidazole rings is 1. The molecule has 1 atom stereocenters. The molecule has 0 radical (unpaired) electrons. The van der Waals surface area contributed by atoms with Crippen molar-refractivity contribution < 1.29 is 0 Å². The van der Waals surface area contributed by atoms with Crippen molar-refractivity contribution in [1.82, 2.24) is 39.3 Å². The highest BCUT2D eigenvalue weighted by Crippen LogP contribution is 2.43. The average Bonchev–Trinajstić information content (AvgIpc) is 3.59. The summed E-state index contributed by atoms with van der Waals surface area (Å²) in [6.07, 6.45) is 13.2. The maximum atomic E-state index is 5.07. The van der Waals surface area contributed by atoms with Crippen molar-refractivity contribution in [1.29, 1.82) is 0 Å². The summed E-state index contributed by atoms with van der Waals surface area (Å²) in [4.78, 5) is 21.1. The molecule has 1 aliphatic heterocycles. The summed E-state index contributed by atoms with van der Waals surface area (Å²) in [6.45, 7) is 4.20. The SMILES string of the molecule is CCC1c2nnc(C)n2-c2cnc(-n3cnc(-c4nccs4)c3)nc2N1C1CCCC1. The second-order valence-corrected chi connectivity index (χ2v) is 8.99. The Kier molecular flexibility index (Phi) is 4.34. The van der Waals surface area contributed by atoms with Crippen LogP contribution in [0.3, 0.4) is 0 Å². The molecule has 6 rings (SSSR count). The molecule has 0 spiro atoms. The number of rotatable bonds is 4. The summed E-state index contributed by atoms with van der Waals surface area (Å²) < 4.78 is 3.99. The molecular formula is C21H23N9S. The van der Waals surface area contributed by atoms with Crippen LogP contribution in [0.1, 0.15) is 56.7 Å². The fraction of sp³-hybridized carbons (Fsp3) is 0.429. The highest BCUT2D eigenvalue weighted by Gasteiger charge is 2.39. The minimum atomic E-state index is 0.160. The Bertz CT molecular complexity index is 1220. The fourth-order valence-electron chi connectivity index (χ4n) is 4.88. The first kappa shape index (κ1) is 18.6. The topological polar surface area (TPSA) is 90.4 Å². The second-order valence-electron chi connectivity index (χ2n) is 8.09. The molecule has 1 fully saturated rings. The van der Waals surface area contributed by atoms with E-state index in [1.54, 1.807) is 23.9 Å². The molecule has 31 heavy (non-hydrogen) atoms. The number of fused-ring (bicyclic) bond motifs is 3. The van der Waals surface area contributed by atoms with Crippen LogP contribution in [0.15, 0.2) is 30.3 Å². The van der Waals surface area contributed by atoms with Crippen LogP contribution in [0.5, 0.6) is 0 Å². The minimum Gasteiger partial charge on any atom is -0.341 e. The van der Waals surface area contributed by atoms with Crippen molar-refractivity contribution in [2.45, 2.75) is 58.0 Å². The van der Waals surface area contributed by atoms with Crippen LogP contribution in [0, 0.1) is 6.92 Å². The molecule has 4 aromatic rings. The van der Waals surface area contributed by atoms with Crippen molar-refractivity contribution in [3.8, 4) is 22.3 Å². The maximum Gasteiger partial charge on any atom is 0.237 e. The molecule has 2 aliphatic rings. The van der Waals surface area contributed by atoms with E-state index >= 15 is 0 Å². The summed E-state index contributed by atoms with van der Waals surface area (Å²) in [7, 11) is 0. The molecule has 9 nitrogen and oxygen atoms in total. The number of anilines is 1. The lowest BCUT2D eigenvalue weighted by molar-refractivity contribution is 0.467. The van der Waals surface area contributed by atoms with Crippen LogP contribution in [0.4, 0.5) is 5.82 Å². The van der Waals surface area contributed by atoms with Gasteiger partial charge in [-0.2, -0.15) is 4.98 Å². The highest BCUT2D eigenvalue weighted by molar-refractivity contribution is 7.13. The van der Waals surface area contributed by atoms with Gasteiger partial charge in [-0.1, -0.05) is 19.8 Å². The third-order valence-corrected chi connectivity index (χ3v) is 7.07. The van der Waals surface area contributed by atoms with Crippen molar-refractivity contribution in [3.63, 3.8) is 0 Å². The maximum absolute atomic E-state index is 5.07. The zero-order valence-corrected chi connectivity index (χ0v) is 18.3. The minimum absolute atomic E-state index is 0.160. The Morgan fingerprint density at radius 1 is 1.13 bits per heavy atom. The number of aryl methyl sites for hydroxylation is 1. The summed E-state index contributed by atoms with van der Waals surface area (Å²) in [5, 5.41) is 11.8. The van der Waals surface area contributed by atoms with E-state index in [1.807, 2.05) is 29.3 Å². The van der Waals surface area contributed by atoms with Gasteiger partial charge in [0, 0.05) is 23.8 Å². The molecule has 0 N–H and O–H groups in total. The van der Waals surface area contributed by atoms with Gasteiger partial charge in [0.15, 0.2) is 11.6 Å². The Morgan fingerprint density at radius 2 is 2.00 bits per heavy atom. The first-order valence-electron chi connectivity index (χ1n) is 10.8. The molecule has 0 aromatic carbocycles. The summed E-state index contributed by atoms with van der Waals surface area (Å²) in [5.74, 6) is 3.43. The largest absolute Gasteiger partial charge is 0.341 e.